The predicted octanol–water partition coefficient (Wildman–Crippen LogP) is 0.338. The number of nitrogens with zero attached hydrogens (tertiary/aromatic N) is 3. The second kappa shape index (κ2) is 4.57. The number of nitrogens with one attached hydrogen (secondary N) is 2. The van der Waals surface area contributed by atoms with Crippen LogP contribution < -0.4 is 11.1 Å². The van der Waals surface area contributed by atoms with Gasteiger partial charge < -0.3 is 11.1 Å². The molecule has 0 radical (unpaired) electrons. The number of aromatic amines is 1. The highest BCUT2D eigenvalue weighted by atomic mass is 32.1. The first-order chi connectivity index (χ1) is 8.49. The standard InChI is InChI=1S/C10H12N6OS/c1-5-7(4-16(2)15-5)10(17)13-9-6(8(11)18)3-12-14-9/h3-4H,1-2H3,(H2,11,18)(H2,12,13,14,17). The number of thiocarbonyl (C=S) groups is 1. The number of nitrogens with two attached hydrogens (primary N) is 1. The average Bonchev–Trinajstić information content (AvgIpc) is 2.85. The van der Waals surface area contributed by atoms with E-state index in [-0.39, 0.29) is 10.9 Å². The first kappa shape index (κ1) is 12.2. The van der Waals surface area contributed by atoms with Gasteiger partial charge in [0.05, 0.1) is 23.0 Å². The Hall–Kier alpha value is -2.22. The van der Waals surface area contributed by atoms with Crippen molar-refractivity contribution in [2.24, 2.45) is 12.8 Å². The van der Waals surface area contributed by atoms with Crippen molar-refractivity contribution in [1.29, 1.82) is 0 Å². The summed E-state index contributed by atoms with van der Waals surface area (Å²) in [5, 5.41) is 13.2. The van der Waals surface area contributed by atoms with Crippen molar-refractivity contribution in [3.05, 3.63) is 29.2 Å². The third-order valence-electron chi connectivity index (χ3n) is 2.40. The minimum Gasteiger partial charge on any atom is -0.389 e. The fraction of sp³-hybridized carbons (Fsp3) is 0.200. The lowest BCUT2D eigenvalue weighted by Gasteiger charge is -2.03. The van der Waals surface area contributed by atoms with E-state index in [0.29, 0.717) is 22.6 Å². The van der Waals surface area contributed by atoms with Crippen LogP contribution in [0.5, 0.6) is 0 Å². The summed E-state index contributed by atoms with van der Waals surface area (Å²) < 4.78 is 1.58. The third-order valence-corrected chi connectivity index (χ3v) is 2.62. The molecule has 7 nitrogen and oxygen atoms in total. The minimum atomic E-state index is -0.289. The van der Waals surface area contributed by atoms with E-state index < -0.39 is 0 Å². The monoisotopic (exact) mass is 264 g/mol. The lowest BCUT2D eigenvalue weighted by atomic mass is 10.2. The molecule has 4 N–H and O–H groups in total. The van der Waals surface area contributed by atoms with E-state index in [1.807, 2.05) is 0 Å². The molecule has 0 unspecified atom stereocenters. The number of H-pyrrole nitrogens is 1. The molecule has 0 fully saturated rings. The lowest BCUT2D eigenvalue weighted by Crippen LogP contribution is -2.17. The van der Waals surface area contributed by atoms with Crippen molar-refractivity contribution in [1.82, 2.24) is 20.0 Å². The largest absolute Gasteiger partial charge is 0.389 e. The Morgan fingerprint density at radius 1 is 1.56 bits per heavy atom. The van der Waals surface area contributed by atoms with Gasteiger partial charge in [-0.15, -0.1) is 0 Å². The molecule has 18 heavy (non-hydrogen) atoms. The fourth-order valence-corrected chi connectivity index (χ4v) is 1.73. The number of carbonyl (C=O) groups is 1. The molecule has 0 aliphatic carbocycles. The number of aromatic nitrogens is 4. The number of hydrogen-bond donors (Lipinski definition) is 3. The molecule has 8 heteroatoms. The second-order valence-electron chi connectivity index (χ2n) is 3.78. The molecule has 0 atom stereocenters. The zero-order chi connectivity index (χ0) is 13.3. The summed E-state index contributed by atoms with van der Waals surface area (Å²) in [6.45, 7) is 1.76. The van der Waals surface area contributed by atoms with E-state index in [1.165, 1.54) is 6.20 Å². The molecule has 1 amide bonds. The van der Waals surface area contributed by atoms with Gasteiger partial charge in [0.1, 0.15) is 10.8 Å². The van der Waals surface area contributed by atoms with E-state index in [4.69, 9.17) is 18.0 Å². The summed E-state index contributed by atoms with van der Waals surface area (Å²) in [5.74, 6) is 0.0955. The van der Waals surface area contributed by atoms with Crippen molar-refractivity contribution < 1.29 is 4.79 Å². The molecule has 2 heterocycles. The first-order valence-corrected chi connectivity index (χ1v) is 5.54. The van der Waals surface area contributed by atoms with Crippen molar-refractivity contribution in [2.45, 2.75) is 6.92 Å². The molecule has 0 aliphatic heterocycles. The van der Waals surface area contributed by atoms with Crippen molar-refractivity contribution >= 4 is 28.9 Å². The quantitative estimate of drug-likeness (QED) is 0.694. The number of carbonyl (C=O) groups excluding carboxylic acids is 1. The molecule has 0 saturated carbocycles. The second-order valence-corrected chi connectivity index (χ2v) is 4.22. The summed E-state index contributed by atoms with van der Waals surface area (Å²) in [6.07, 6.45) is 3.11. The zero-order valence-electron chi connectivity index (χ0n) is 9.89. The maximum Gasteiger partial charge on any atom is 0.260 e. The van der Waals surface area contributed by atoms with Gasteiger partial charge in [0, 0.05) is 13.2 Å². The predicted molar refractivity (Wildman–Crippen MR) is 70.4 cm³/mol. The van der Waals surface area contributed by atoms with Crippen LogP contribution in [0.3, 0.4) is 0 Å². The molecule has 0 saturated heterocycles. The molecule has 2 aromatic heterocycles. The van der Waals surface area contributed by atoms with Crippen LogP contribution in [0.4, 0.5) is 5.82 Å². The number of anilines is 1. The van der Waals surface area contributed by atoms with Gasteiger partial charge in [0.25, 0.3) is 5.91 Å². The third kappa shape index (κ3) is 2.23. The highest BCUT2D eigenvalue weighted by Crippen LogP contribution is 2.13. The van der Waals surface area contributed by atoms with Crippen LogP contribution in [-0.4, -0.2) is 30.9 Å². The molecular weight excluding hydrogens is 252 g/mol. The van der Waals surface area contributed by atoms with Gasteiger partial charge in [0.15, 0.2) is 0 Å². The molecular formula is C10H12N6OS. The fourth-order valence-electron chi connectivity index (χ4n) is 1.57. The Labute approximate surface area is 108 Å². The zero-order valence-corrected chi connectivity index (χ0v) is 10.7. The highest BCUT2D eigenvalue weighted by molar-refractivity contribution is 7.80. The first-order valence-electron chi connectivity index (χ1n) is 5.14. The smallest absolute Gasteiger partial charge is 0.260 e. The Kier molecular flexibility index (Phi) is 3.11. The van der Waals surface area contributed by atoms with E-state index in [0.717, 1.165) is 0 Å². The molecule has 0 bridgehead atoms. The summed E-state index contributed by atoms with van der Waals surface area (Å²) in [7, 11) is 1.75. The van der Waals surface area contributed by atoms with Gasteiger partial charge in [0.2, 0.25) is 0 Å². The Bertz CT molecular complexity index is 614. The van der Waals surface area contributed by atoms with Crippen LogP contribution in [0.15, 0.2) is 12.4 Å². The Morgan fingerprint density at radius 2 is 2.28 bits per heavy atom. The summed E-state index contributed by atoms with van der Waals surface area (Å²) >= 11 is 4.85. The van der Waals surface area contributed by atoms with Crippen molar-refractivity contribution in [3.63, 3.8) is 0 Å². The number of hydrogen-bond acceptors (Lipinski definition) is 4. The SMILES string of the molecule is Cc1nn(C)cc1C(=O)Nc1[nH]ncc1C(N)=S. The van der Waals surface area contributed by atoms with Crippen LogP contribution in [0, 0.1) is 6.92 Å². The van der Waals surface area contributed by atoms with Gasteiger partial charge in [-0.1, -0.05) is 12.2 Å². The summed E-state index contributed by atoms with van der Waals surface area (Å²) in [6, 6.07) is 0. The van der Waals surface area contributed by atoms with E-state index in [2.05, 4.69) is 20.6 Å². The average molecular weight is 264 g/mol. The van der Waals surface area contributed by atoms with E-state index in [9.17, 15) is 4.79 Å². The molecule has 2 aromatic rings. The van der Waals surface area contributed by atoms with Crippen LogP contribution in [0.1, 0.15) is 21.6 Å². The van der Waals surface area contributed by atoms with E-state index >= 15 is 0 Å². The van der Waals surface area contributed by atoms with Crippen LogP contribution in [0.2, 0.25) is 0 Å². The molecule has 94 valence electrons. The van der Waals surface area contributed by atoms with Crippen LogP contribution in [-0.2, 0) is 7.05 Å². The number of rotatable bonds is 3. The summed E-state index contributed by atoms with van der Waals surface area (Å²) in [5.41, 5.74) is 7.14. The lowest BCUT2D eigenvalue weighted by molar-refractivity contribution is 0.102. The maximum absolute atomic E-state index is 12.0. The highest BCUT2D eigenvalue weighted by Gasteiger charge is 2.16. The molecule has 0 aromatic carbocycles. The Balaban J connectivity index is 2.24. The van der Waals surface area contributed by atoms with Crippen LogP contribution in [0.25, 0.3) is 0 Å². The number of aryl methyl sites for hydroxylation is 2. The van der Waals surface area contributed by atoms with Gasteiger partial charge >= 0.3 is 0 Å². The minimum absolute atomic E-state index is 0.168. The topological polar surface area (TPSA) is 102 Å². The molecule has 2 rings (SSSR count). The van der Waals surface area contributed by atoms with Crippen molar-refractivity contribution in [2.75, 3.05) is 5.32 Å². The number of amides is 1. The summed E-state index contributed by atoms with van der Waals surface area (Å²) in [4.78, 5) is 12.2. The van der Waals surface area contributed by atoms with Crippen molar-refractivity contribution in [3.8, 4) is 0 Å². The van der Waals surface area contributed by atoms with Gasteiger partial charge in [-0.05, 0) is 6.92 Å². The maximum atomic E-state index is 12.0. The van der Waals surface area contributed by atoms with Gasteiger partial charge in [-0.2, -0.15) is 10.2 Å². The molecule has 0 aliphatic rings. The van der Waals surface area contributed by atoms with E-state index in [1.54, 1.807) is 24.9 Å². The molecule has 0 spiro atoms. The Morgan fingerprint density at radius 3 is 2.83 bits per heavy atom. The van der Waals surface area contributed by atoms with Gasteiger partial charge in [-0.25, -0.2) is 0 Å². The normalized spacial score (nSPS) is 10.3. The van der Waals surface area contributed by atoms with Gasteiger partial charge in [-0.3, -0.25) is 14.6 Å². The van der Waals surface area contributed by atoms with Crippen LogP contribution >= 0.6 is 12.2 Å².